The summed E-state index contributed by atoms with van der Waals surface area (Å²) in [5, 5.41) is 0. The van der Waals surface area contributed by atoms with Crippen LogP contribution in [0.3, 0.4) is 0 Å². The first-order valence-corrected chi connectivity index (χ1v) is 10.3. The SMILES string of the molecule is CCOC(=O)[C@]12CC[C@](c3ccc(C)cc3)(O1)[C@@H]1C(=O)N(c3ccccc3)C(=O)[C@@H]12. The lowest BCUT2D eigenvalue weighted by Gasteiger charge is -2.31. The number of imide groups is 1. The first kappa shape index (κ1) is 19.0. The van der Waals surface area contributed by atoms with Crippen molar-refractivity contribution in [3.05, 3.63) is 65.7 Å². The Labute approximate surface area is 174 Å². The fourth-order valence-corrected chi connectivity index (χ4v) is 5.42. The second-order valence-electron chi connectivity index (χ2n) is 8.27. The van der Waals surface area contributed by atoms with Crippen molar-refractivity contribution in [3.8, 4) is 0 Å². The van der Waals surface area contributed by atoms with Gasteiger partial charge in [0.1, 0.15) is 5.60 Å². The van der Waals surface area contributed by atoms with Gasteiger partial charge in [0.25, 0.3) is 0 Å². The molecule has 0 aromatic heterocycles. The maximum absolute atomic E-state index is 13.6. The minimum atomic E-state index is -1.43. The zero-order chi connectivity index (χ0) is 21.1. The summed E-state index contributed by atoms with van der Waals surface area (Å²) < 4.78 is 11.8. The van der Waals surface area contributed by atoms with Gasteiger partial charge < -0.3 is 9.47 Å². The van der Waals surface area contributed by atoms with Crippen LogP contribution >= 0.6 is 0 Å². The fourth-order valence-electron chi connectivity index (χ4n) is 5.42. The molecule has 6 nitrogen and oxygen atoms in total. The average molecular weight is 405 g/mol. The van der Waals surface area contributed by atoms with Gasteiger partial charge in [-0.3, -0.25) is 9.59 Å². The molecule has 3 fully saturated rings. The molecule has 2 bridgehead atoms. The summed E-state index contributed by atoms with van der Waals surface area (Å²) in [4.78, 5) is 41.5. The van der Waals surface area contributed by atoms with Gasteiger partial charge in [-0.15, -0.1) is 0 Å². The van der Waals surface area contributed by atoms with E-state index < -0.39 is 34.9 Å². The van der Waals surface area contributed by atoms with Crippen LogP contribution in [0.2, 0.25) is 0 Å². The predicted molar refractivity (Wildman–Crippen MR) is 108 cm³/mol. The molecule has 0 spiro atoms. The van der Waals surface area contributed by atoms with E-state index in [4.69, 9.17) is 9.47 Å². The van der Waals surface area contributed by atoms with Crippen LogP contribution in [0.15, 0.2) is 54.6 Å². The number of ether oxygens (including phenoxy) is 2. The second-order valence-corrected chi connectivity index (χ2v) is 8.27. The molecule has 6 heteroatoms. The van der Waals surface area contributed by atoms with Gasteiger partial charge in [-0.1, -0.05) is 48.0 Å². The van der Waals surface area contributed by atoms with Gasteiger partial charge in [-0.25, -0.2) is 9.69 Å². The molecule has 5 rings (SSSR count). The van der Waals surface area contributed by atoms with E-state index in [1.807, 2.05) is 37.3 Å². The highest BCUT2D eigenvalue weighted by atomic mass is 16.6. The third kappa shape index (κ3) is 2.31. The average Bonchev–Trinajstić information content (AvgIpc) is 3.38. The lowest BCUT2D eigenvalue weighted by atomic mass is 9.65. The standard InChI is InChI=1S/C24H23NO5/c1-3-29-22(28)24-14-13-23(30-24,16-11-9-15(2)10-12-16)18-19(24)21(27)25(20(18)26)17-7-5-4-6-8-17/h4-12,18-19H,3,13-14H2,1-2H3/t18-,19+,23+,24+/m0/s1. The summed E-state index contributed by atoms with van der Waals surface area (Å²) in [6, 6.07) is 16.6. The normalized spacial score (nSPS) is 31.9. The number of esters is 1. The van der Waals surface area contributed by atoms with Crippen molar-refractivity contribution in [1.82, 2.24) is 0 Å². The maximum atomic E-state index is 13.6. The smallest absolute Gasteiger partial charge is 0.339 e. The van der Waals surface area contributed by atoms with Gasteiger partial charge in [-0.2, -0.15) is 0 Å². The number of anilines is 1. The molecule has 4 atom stereocenters. The molecule has 3 aliphatic rings. The van der Waals surface area contributed by atoms with Crippen molar-refractivity contribution in [1.29, 1.82) is 0 Å². The molecular formula is C24H23NO5. The van der Waals surface area contributed by atoms with Crippen molar-refractivity contribution >= 4 is 23.5 Å². The van der Waals surface area contributed by atoms with Crippen LogP contribution < -0.4 is 4.90 Å². The van der Waals surface area contributed by atoms with Crippen molar-refractivity contribution in [2.24, 2.45) is 11.8 Å². The molecular weight excluding hydrogens is 382 g/mol. The Morgan fingerprint density at radius 2 is 1.70 bits per heavy atom. The van der Waals surface area contributed by atoms with E-state index in [0.717, 1.165) is 11.1 Å². The van der Waals surface area contributed by atoms with Crippen molar-refractivity contribution in [2.75, 3.05) is 11.5 Å². The molecule has 30 heavy (non-hydrogen) atoms. The number of nitrogens with zero attached hydrogens (tertiary/aromatic N) is 1. The van der Waals surface area contributed by atoms with E-state index in [2.05, 4.69) is 0 Å². The molecule has 2 aromatic rings. The molecule has 3 aliphatic heterocycles. The number of carbonyl (C=O) groups is 3. The van der Waals surface area contributed by atoms with Gasteiger partial charge in [0, 0.05) is 0 Å². The van der Waals surface area contributed by atoms with Crippen molar-refractivity contribution in [3.63, 3.8) is 0 Å². The Bertz CT molecular complexity index is 1030. The van der Waals surface area contributed by atoms with Crippen LogP contribution in [-0.4, -0.2) is 30.0 Å². The zero-order valence-electron chi connectivity index (χ0n) is 17.0. The van der Waals surface area contributed by atoms with Gasteiger partial charge in [-0.05, 0) is 44.4 Å². The Hall–Kier alpha value is -2.99. The Morgan fingerprint density at radius 3 is 2.37 bits per heavy atom. The minimum Gasteiger partial charge on any atom is -0.464 e. The van der Waals surface area contributed by atoms with Crippen LogP contribution in [0.1, 0.15) is 30.9 Å². The van der Waals surface area contributed by atoms with Crippen LogP contribution in [-0.2, 0) is 29.5 Å². The van der Waals surface area contributed by atoms with Crippen molar-refractivity contribution in [2.45, 2.75) is 37.9 Å². The molecule has 3 saturated heterocycles. The highest BCUT2D eigenvalue weighted by Crippen LogP contribution is 2.65. The number of aryl methyl sites for hydroxylation is 1. The molecule has 0 aliphatic carbocycles. The van der Waals surface area contributed by atoms with E-state index in [9.17, 15) is 14.4 Å². The molecule has 0 unspecified atom stereocenters. The Morgan fingerprint density at radius 1 is 1.03 bits per heavy atom. The molecule has 0 N–H and O–H groups in total. The summed E-state index contributed by atoms with van der Waals surface area (Å²) in [6.45, 7) is 3.89. The third-order valence-electron chi connectivity index (χ3n) is 6.72. The number of fused-ring (bicyclic) bond motifs is 5. The first-order valence-electron chi connectivity index (χ1n) is 10.3. The monoisotopic (exact) mass is 405 g/mol. The van der Waals surface area contributed by atoms with Crippen LogP contribution in [0.4, 0.5) is 5.69 Å². The quantitative estimate of drug-likeness (QED) is 0.577. The van der Waals surface area contributed by atoms with Crippen LogP contribution in [0.25, 0.3) is 0 Å². The lowest BCUT2D eigenvalue weighted by Crippen LogP contribution is -2.49. The number of para-hydroxylation sites is 1. The van der Waals surface area contributed by atoms with Crippen LogP contribution in [0.5, 0.6) is 0 Å². The van der Waals surface area contributed by atoms with Crippen molar-refractivity contribution < 1.29 is 23.9 Å². The van der Waals surface area contributed by atoms with E-state index in [0.29, 0.717) is 18.5 Å². The van der Waals surface area contributed by atoms with E-state index in [1.165, 1.54) is 4.90 Å². The second kappa shape index (κ2) is 6.51. The van der Waals surface area contributed by atoms with E-state index in [1.54, 1.807) is 31.2 Å². The third-order valence-corrected chi connectivity index (χ3v) is 6.72. The van der Waals surface area contributed by atoms with Gasteiger partial charge in [0.05, 0.1) is 24.1 Å². The number of hydrogen-bond acceptors (Lipinski definition) is 5. The highest BCUT2D eigenvalue weighted by Gasteiger charge is 2.79. The Balaban J connectivity index is 1.67. The zero-order valence-corrected chi connectivity index (χ0v) is 17.0. The predicted octanol–water partition coefficient (Wildman–Crippen LogP) is 3.12. The minimum absolute atomic E-state index is 0.184. The molecule has 2 aromatic carbocycles. The first-order chi connectivity index (χ1) is 14.4. The molecule has 2 amide bonds. The summed E-state index contributed by atoms with van der Waals surface area (Å²) >= 11 is 0. The summed E-state index contributed by atoms with van der Waals surface area (Å²) in [5.74, 6) is -2.91. The summed E-state index contributed by atoms with van der Waals surface area (Å²) in [5.41, 5.74) is -0.0234. The van der Waals surface area contributed by atoms with E-state index in [-0.39, 0.29) is 12.5 Å². The van der Waals surface area contributed by atoms with Crippen LogP contribution in [0, 0.1) is 18.8 Å². The number of carbonyl (C=O) groups excluding carboxylic acids is 3. The maximum Gasteiger partial charge on any atom is 0.339 e. The van der Waals surface area contributed by atoms with Gasteiger partial charge in [0.15, 0.2) is 5.60 Å². The largest absolute Gasteiger partial charge is 0.464 e. The number of benzene rings is 2. The highest BCUT2D eigenvalue weighted by molar-refractivity contribution is 6.24. The topological polar surface area (TPSA) is 72.9 Å². The summed E-state index contributed by atoms with van der Waals surface area (Å²) in [6.07, 6.45) is 0.834. The number of hydrogen-bond donors (Lipinski definition) is 0. The fraction of sp³-hybridized carbons (Fsp3) is 0.375. The molecule has 0 radical (unpaired) electrons. The summed E-state index contributed by atoms with van der Waals surface area (Å²) in [7, 11) is 0. The number of amides is 2. The van der Waals surface area contributed by atoms with Gasteiger partial charge in [0.2, 0.25) is 11.8 Å². The molecule has 154 valence electrons. The molecule has 3 heterocycles. The van der Waals surface area contributed by atoms with Gasteiger partial charge >= 0.3 is 5.97 Å². The Kier molecular flexibility index (Phi) is 4.12. The molecule has 0 saturated carbocycles. The van der Waals surface area contributed by atoms with E-state index >= 15 is 0 Å². The number of rotatable bonds is 4. The lowest BCUT2D eigenvalue weighted by molar-refractivity contribution is -0.174.